The Kier molecular flexibility index (Phi) is 2.62. The molecule has 1 aromatic carbocycles. The molecule has 84 valence electrons. The maximum atomic E-state index is 5.73. The number of halogens is 1. The van der Waals surface area contributed by atoms with Crippen LogP contribution < -0.4 is 5.73 Å². The molecule has 0 aliphatic carbocycles. The van der Waals surface area contributed by atoms with Crippen LogP contribution in [0, 0.1) is 0 Å². The molecule has 0 saturated carbocycles. The van der Waals surface area contributed by atoms with Crippen LogP contribution in [0.3, 0.4) is 0 Å². The zero-order valence-electron chi connectivity index (χ0n) is 9.58. The van der Waals surface area contributed by atoms with Crippen molar-refractivity contribution in [3.8, 4) is 0 Å². The lowest BCUT2D eigenvalue weighted by atomic mass is 9.89. The van der Waals surface area contributed by atoms with Crippen molar-refractivity contribution in [2.45, 2.75) is 26.2 Å². The number of nitrogens with zero attached hydrogens (tertiary/aromatic N) is 2. The van der Waals surface area contributed by atoms with Gasteiger partial charge in [-0.2, -0.15) is 0 Å². The van der Waals surface area contributed by atoms with E-state index in [0.717, 1.165) is 21.1 Å². The van der Waals surface area contributed by atoms with Gasteiger partial charge in [0.15, 0.2) is 0 Å². The van der Waals surface area contributed by atoms with Gasteiger partial charge in [0.2, 0.25) is 5.95 Å². The van der Waals surface area contributed by atoms with Crippen LogP contribution in [0.1, 0.15) is 26.5 Å². The first-order chi connectivity index (χ1) is 7.38. The van der Waals surface area contributed by atoms with Crippen LogP contribution in [-0.4, -0.2) is 9.97 Å². The Hall–Kier alpha value is -1.16. The summed E-state index contributed by atoms with van der Waals surface area (Å²) in [5.74, 6) is 0.329. The summed E-state index contributed by atoms with van der Waals surface area (Å²) in [6.07, 6.45) is 0. The van der Waals surface area contributed by atoms with Crippen LogP contribution >= 0.6 is 15.9 Å². The van der Waals surface area contributed by atoms with Gasteiger partial charge in [0.25, 0.3) is 0 Å². The van der Waals surface area contributed by atoms with Gasteiger partial charge < -0.3 is 5.73 Å². The van der Waals surface area contributed by atoms with Crippen molar-refractivity contribution in [2.75, 3.05) is 5.73 Å². The summed E-state index contributed by atoms with van der Waals surface area (Å²) in [4.78, 5) is 8.60. The molecule has 0 bridgehead atoms. The van der Waals surface area contributed by atoms with Crippen molar-refractivity contribution in [1.82, 2.24) is 9.97 Å². The summed E-state index contributed by atoms with van der Waals surface area (Å²) in [6.45, 7) is 6.36. The molecule has 0 atom stereocenters. The zero-order valence-corrected chi connectivity index (χ0v) is 11.2. The molecule has 16 heavy (non-hydrogen) atoms. The summed E-state index contributed by atoms with van der Waals surface area (Å²) in [5.41, 5.74) is 7.57. The average molecular weight is 280 g/mol. The summed E-state index contributed by atoms with van der Waals surface area (Å²) in [5, 5.41) is 1.06. The number of nitrogens with two attached hydrogens (primary N) is 1. The molecule has 4 heteroatoms. The van der Waals surface area contributed by atoms with E-state index >= 15 is 0 Å². The standard InChI is InChI=1S/C12H14BrN3/c1-12(2,3)10-8-5-4-7(13)6-9(8)15-11(14)16-10/h4-6H,1-3H3,(H2,14,15,16). The lowest BCUT2D eigenvalue weighted by Gasteiger charge is -2.20. The molecule has 1 heterocycles. The van der Waals surface area contributed by atoms with Crippen molar-refractivity contribution in [2.24, 2.45) is 0 Å². The van der Waals surface area contributed by atoms with Gasteiger partial charge >= 0.3 is 0 Å². The number of rotatable bonds is 0. The molecule has 2 N–H and O–H groups in total. The van der Waals surface area contributed by atoms with E-state index in [-0.39, 0.29) is 5.41 Å². The maximum Gasteiger partial charge on any atom is 0.220 e. The predicted octanol–water partition coefficient (Wildman–Crippen LogP) is 3.27. The van der Waals surface area contributed by atoms with E-state index in [1.807, 2.05) is 18.2 Å². The van der Waals surface area contributed by atoms with Gasteiger partial charge in [-0.15, -0.1) is 0 Å². The first kappa shape index (κ1) is 11.3. The van der Waals surface area contributed by atoms with Gasteiger partial charge in [-0.25, -0.2) is 9.97 Å². The number of hydrogen-bond acceptors (Lipinski definition) is 3. The zero-order chi connectivity index (χ0) is 11.9. The van der Waals surface area contributed by atoms with E-state index in [4.69, 9.17) is 5.73 Å². The highest BCUT2D eigenvalue weighted by Crippen LogP contribution is 2.29. The van der Waals surface area contributed by atoms with Crippen LogP contribution in [-0.2, 0) is 5.41 Å². The third-order valence-corrected chi connectivity index (χ3v) is 2.88. The normalized spacial score (nSPS) is 12.0. The molecule has 0 aliphatic heterocycles. The quantitative estimate of drug-likeness (QED) is 0.805. The SMILES string of the molecule is CC(C)(C)c1nc(N)nc2cc(Br)ccc12. The lowest BCUT2D eigenvalue weighted by molar-refractivity contribution is 0.575. The van der Waals surface area contributed by atoms with E-state index in [1.54, 1.807) is 0 Å². The lowest BCUT2D eigenvalue weighted by Crippen LogP contribution is -2.16. The Morgan fingerprint density at radius 3 is 2.50 bits per heavy atom. The van der Waals surface area contributed by atoms with Gasteiger partial charge in [-0.05, 0) is 18.2 Å². The van der Waals surface area contributed by atoms with E-state index in [2.05, 4.69) is 46.7 Å². The fourth-order valence-corrected chi connectivity index (χ4v) is 2.04. The van der Waals surface area contributed by atoms with E-state index in [9.17, 15) is 0 Å². The molecular formula is C12H14BrN3. The molecule has 0 radical (unpaired) electrons. The van der Waals surface area contributed by atoms with Crippen molar-refractivity contribution in [3.63, 3.8) is 0 Å². The molecule has 0 fully saturated rings. The van der Waals surface area contributed by atoms with Crippen LogP contribution in [0.2, 0.25) is 0 Å². The first-order valence-electron chi connectivity index (χ1n) is 5.11. The maximum absolute atomic E-state index is 5.73. The van der Waals surface area contributed by atoms with Crippen LogP contribution in [0.4, 0.5) is 5.95 Å². The highest BCUT2D eigenvalue weighted by atomic mass is 79.9. The minimum absolute atomic E-state index is 0.0386. The Bertz CT molecular complexity index is 538. The molecule has 2 rings (SSSR count). The summed E-state index contributed by atoms with van der Waals surface area (Å²) in [7, 11) is 0. The predicted molar refractivity (Wildman–Crippen MR) is 70.4 cm³/mol. The Morgan fingerprint density at radius 1 is 1.19 bits per heavy atom. The number of aromatic nitrogens is 2. The molecular weight excluding hydrogens is 266 g/mol. The van der Waals surface area contributed by atoms with Crippen LogP contribution in [0.25, 0.3) is 10.9 Å². The number of benzene rings is 1. The monoisotopic (exact) mass is 279 g/mol. The Labute approximate surface area is 103 Å². The largest absolute Gasteiger partial charge is 0.368 e. The Balaban J connectivity index is 2.83. The van der Waals surface area contributed by atoms with Crippen molar-refractivity contribution in [1.29, 1.82) is 0 Å². The molecule has 1 aromatic heterocycles. The molecule has 0 spiro atoms. The first-order valence-corrected chi connectivity index (χ1v) is 5.90. The highest BCUT2D eigenvalue weighted by Gasteiger charge is 2.19. The van der Waals surface area contributed by atoms with E-state index in [1.165, 1.54) is 0 Å². The topological polar surface area (TPSA) is 51.8 Å². The van der Waals surface area contributed by atoms with Gasteiger partial charge in [-0.1, -0.05) is 36.7 Å². The van der Waals surface area contributed by atoms with Crippen molar-refractivity contribution >= 4 is 32.8 Å². The molecule has 2 aromatic rings. The molecule has 0 unspecified atom stereocenters. The fraction of sp³-hybridized carbons (Fsp3) is 0.333. The summed E-state index contributed by atoms with van der Waals surface area (Å²) < 4.78 is 0.998. The third-order valence-electron chi connectivity index (χ3n) is 2.39. The van der Waals surface area contributed by atoms with Crippen molar-refractivity contribution in [3.05, 3.63) is 28.4 Å². The number of anilines is 1. The number of hydrogen-bond donors (Lipinski definition) is 1. The summed E-state index contributed by atoms with van der Waals surface area (Å²) in [6, 6.07) is 5.99. The van der Waals surface area contributed by atoms with E-state index < -0.39 is 0 Å². The molecule has 0 amide bonds. The summed E-state index contributed by atoms with van der Waals surface area (Å²) >= 11 is 3.43. The minimum atomic E-state index is -0.0386. The smallest absolute Gasteiger partial charge is 0.220 e. The van der Waals surface area contributed by atoms with Crippen molar-refractivity contribution < 1.29 is 0 Å². The Morgan fingerprint density at radius 2 is 1.88 bits per heavy atom. The molecule has 3 nitrogen and oxygen atoms in total. The van der Waals surface area contributed by atoms with Crippen LogP contribution in [0.15, 0.2) is 22.7 Å². The minimum Gasteiger partial charge on any atom is -0.368 e. The average Bonchev–Trinajstić information content (AvgIpc) is 2.14. The van der Waals surface area contributed by atoms with Gasteiger partial charge in [0, 0.05) is 15.3 Å². The highest BCUT2D eigenvalue weighted by molar-refractivity contribution is 9.10. The number of nitrogen functional groups attached to an aromatic ring is 1. The third kappa shape index (κ3) is 2.02. The van der Waals surface area contributed by atoms with Gasteiger partial charge in [0.1, 0.15) is 0 Å². The molecule has 0 saturated heterocycles. The second-order valence-corrected chi connectivity index (χ2v) is 5.76. The van der Waals surface area contributed by atoms with Crippen LogP contribution in [0.5, 0.6) is 0 Å². The second-order valence-electron chi connectivity index (χ2n) is 4.84. The second kappa shape index (κ2) is 3.70. The van der Waals surface area contributed by atoms with Gasteiger partial charge in [-0.3, -0.25) is 0 Å². The number of fused-ring (bicyclic) bond motifs is 1. The van der Waals surface area contributed by atoms with Gasteiger partial charge in [0.05, 0.1) is 11.2 Å². The molecule has 0 aliphatic rings. The fourth-order valence-electron chi connectivity index (χ4n) is 1.69. The van der Waals surface area contributed by atoms with E-state index in [0.29, 0.717) is 5.95 Å².